The zero-order valence-corrected chi connectivity index (χ0v) is 13.2. The molecule has 1 heterocycles. The second-order valence-corrected chi connectivity index (χ2v) is 6.08. The van der Waals surface area contributed by atoms with Gasteiger partial charge in [0.25, 0.3) is 5.56 Å². The number of nitrogens with zero attached hydrogens (tertiary/aromatic N) is 3. The average Bonchev–Trinajstić information content (AvgIpc) is 2.37. The lowest BCUT2D eigenvalue weighted by Gasteiger charge is -2.21. The van der Waals surface area contributed by atoms with Crippen LogP contribution in [0.3, 0.4) is 0 Å². The zero-order chi connectivity index (χ0) is 15.3. The molecule has 112 valence electrons. The summed E-state index contributed by atoms with van der Waals surface area (Å²) in [6.45, 7) is 14.3. The lowest BCUT2D eigenvalue weighted by atomic mass is 10.1. The first-order valence-electron chi connectivity index (χ1n) is 6.93. The number of nitrogens with one attached hydrogen (secondary N) is 1. The summed E-state index contributed by atoms with van der Waals surface area (Å²) in [7, 11) is 1.94. The molecule has 0 unspecified atom stereocenters. The number of anilines is 1. The maximum absolute atomic E-state index is 12.0. The van der Waals surface area contributed by atoms with Crippen molar-refractivity contribution in [3.63, 3.8) is 0 Å². The van der Waals surface area contributed by atoms with Crippen LogP contribution in [-0.4, -0.2) is 35.5 Å². The van der Waals surface area contributed by atoms with Crippen molar-refractivity contribution in [2.24, 2.45) is 0 Å². The Kier molecular flexibility index (Phi) is 5.51. The first kappa shape index (κ1) is 16.4. The predicted molar refractivity (Wildman–Crippen MR) is 84.3 cm³/mol. The second-order valence-electron chi connectivity index (χ2n) is 6.08. The van der Waals surface area contributed by atoms with Crippen LogP contribution in [0.2, 0.25) is 0 Å². The van der Waals surface area contributed by atoms with Gasteiger partial charge in [-0.2, -0.15) is 5.10 Å². The number of aromatic nitrogens is 2. The molecule has 5 heteroatoms. The summed E-state index contributed by atoms with van der Waals surface area (Å²) in [4.78, 5) is 14.0. The quantitative estimate of drug-likeness (QED) is 0.804. The Morgan fingerprint density at radius 2 is 2.15 bits per heavy atom. The van der Waals surface area contributed by atoms with Gasteiger partial charge in [-0.15, -0.1) is 0 Å². The van der Waals surface area contributed by atoms with Gasteiger partial charge in [0.15, 0.2) is 0 Å². The highest BCUT2D eigenvalue weighted by Crippen LogP contribution is 2.06. The Labute approximate surface area is 121 Å². The van der Waals surface area contributed by atoms with E-state index < -0.39 is 0 Å². The van der Waals surface area contributed by atoms with E-state index in [9.17, 15) is 4.79 Å². The summed E-state index contributed by atoms with van der Waals surface area (Å²) in [5, 5.41) is 7.55. The minimum Gasteiger partial charge on any atom is -0.373 e. The highest BCUT2D eigenvalue weighted by Gasteiger charge is 2.10. The van der Waals surface area contributed by atoms with Gasteiger partial charge in [0.1, 0.15) is 0 Å². The summed E-state index contributed by atoms with van der Waals surface area (Å²) in [6, 6.07) is 1.61. The molecule has 1 aromatic rings. The van der Waals surface area contributed by atoms with Gasteiger partial charge in [0, 0.05) is 31.7 Å². The molecule has 1 N–H and O–H groups in total. The SMILES string of the molecule is C=C(CNC(C)(C)C)Cn1ncc(N(C)CC)cc1=O. The summed E-state index contributed by atoms with van der Waals surface area (Å²) in [6.07, 6.45) is 1.72. The Hall–Kier alpha value is -1.62. The molecule has 0 amide bonds. The van der Waals surface area contributed by atoms with E-state index in [-0.39, 0.29) is 11.1 Å². The maximum Gasteiger partial charge on any atom is 0.269 e. The molecule has 5 nitrogen and oxygen atoms in total. The minimum atomic E-state index is -0.0975. The molecule has 0 saturated heterocycles. The maximum atomic E-state index is 12.0. The average molecular weight is 278 g/mol. The summed E-state index contributed by atoms with van der Waals surface area (Å²) in [5.74, 6) is 0. The van der Waals surface area contributed by atoms with E-state index in [0.29, 0.717) is 13.1 Å². The van der Waals surface area contributed by atoms with Gasteiger partial charge in [-0.05, 0) is 33.3 Å². The van der Waals surface area contributed by atoms with Crippen LogP contribution in [0.1, 0.15) is 27.7 Å². The molecule has 0 radical (unpaired) electrons. The number of hydrogen-bond acceptors (Lipinski definition) is 4. The Morgan fingerprint density at radius 1 is 1.50 bits per heavy atom. The highest BCUT2D eigenvalue weighted by atomic mass is 16.1. The normalized spacial score (nSPS) is 11.4. The van der Waals surface area contributed by atoms with Crippen molar-refractivity contribution in [1.29, 1.82) is 0 Å². The minimum absolute atomic E-state index is 0.0367. The number of hydrogen-bond donors (Lipinski definition) is 1. The fourth-order valence-corrected chi connectivity index (χ4v) is 1.59. The van der Waals surface area contributed by atoms with Crippen LogP contribution in [0, 0.1) is 0 Å². The smallest absolute Gasteiger partial charge is 0.269 e. The third-order valence-corrected chi connectivity index (χ3v) is 3.01. The van der Waals surface area contributed by atoms with Gasteiger partial charge in [0.05, 0.1) is 18.4 Å². The molecule has 1 rings (SSSR count). The molecular weight excluding hydrogens is 252 g/mol. The summed E-state index contributed by atoms with van der Waals surface area (Å²) < 4.78 is 1.44. The van der Waals surface area contributed by atoms with E-state index in [4.69, 9.17) is 0 Å². The van der Waals surface area contributed by atoms with Crippen molar-refractivity contribution in [2.45, 2.75) is 39.8 Å². The standard InChI is InChI=1S/C15H26N4O/c1-7-18(6)13-8-14(20)19(17-10-13)11-12(2)9-16-15(3,4)5/h8,10,16H,2,7,9,11H2,1,3-6H3. The van der Waals surface area contributed by atoms with E-state index in [2.05, 4.69) is 37.8 Å². The van der Waals surface area contributed by atoms with Crippen molar-refractivity contribution in [3.8, 4) is 0 Å². The summed E-state index contributed by atoms with van der Waals surface area (Å²) >= 11 is 0. The lowest BCUT2D eigenvalue weighted by Crippen LogP contribution is -2.38. The fourth-order valence-electron chi connectivity index (χ4n) is 1.59. The Morgan fingerprint density at radius 3 is 2.65 bits per heavy atom. The fraction of sp³-hybridized carbons (Fsp3) is 0.600. The predicted octanol–water partition coefficient (Wildman–Crippen LogP) is 1.64. The van der Waals surface area contributed by atoms with Crippen LogP contribution < -0.4 is 15.8 Å². The molecule has 0 aliphatic carbocycles. The zero-order valence-electron chi connectivity index (χ0n) is 13.2. The van der Waals surface area contributed by atoms with Gasteiger partial charge >= 0.3 is 0 Å². The van der Waals surface area contributed by atoms with Crippen LogP contribution >= 0.6 is 0 Å². The molecule has 0 bridgehead atoms. The lowest BCUT2D eigenvalue weighted by molar-refractivity contribution is 0.437. The van der Waals surface area contributed by atoms with Crippen LogP contribution in [-0.2, 0) is 6.54 Å². The van der Waals surface area contributed by atoms with Crippen LogP contribution in [0.15, 0.2) is 29.2 Å². The van der Waals surface area contributed by atoms with E-state index in [1.54, 1.807) is 12.3 Å². The molecule has 20 heavy (non-hydrogen) atoms. The van der Waals surface area contributed by atoms with Crippen molar-refractivity contribution in [3.05, 3.63) is 34.8 Å². The van der Waals surface area contributed by atoms with E-state index in [0.717, 1.165) is 17.8 Å². The Balaban J connectivity index is 2.69. The van der Waals surface area contributed by atoms with Gasteiger partial charge in [-0.25, -0.2) is 4.68 Å². The topological polar surface area (TPSA) is 50.2 Å². The molecule has 0 aliphatic rings. The van der Waals surface area contributed by atoms with Gasteiger partial charge in [0.2, 0.25) is 0 Å². The molecule has 0 saturated carbocycles. The molecular formula is C15H26N4O. The van der Waals surface area contributed by atoms with Crippen molar-refractivity contribution >= 4 is 5.69 Å². The van der Waals surface area contributed by atoms with Crippen LogP contribution in [0.4, 0.5) is 5.69 Å². The molecule has 1 aromatic heterocycles. The number of rotatable bonds is 6. The first-order valence-corrected chi connectivity index (χ1v) is 6.93. The second kappa shape index (κ2) is 6.70. The van der Waals surface area contributed by atoms with Crippen LogP contribution in [0.25, 0.3) is 0 Å². The molecule has 0 atom stereocenters. The Bertz CT molecular complexity index is 513. The van der Waals surface area contributed by atoms with Crippen LogP contribution in [0.5, 0.6) is 0 Å². The van der Waals surface area contributed by atoms with E-state index in [1.165, 1.54) is 4.68 Å². The highest BCUT2D eigenvalue weighted by molar-refractivity contribution is 5.41. The molecule has 0 fully saturated rings. The van der Waals surface area contributed by atoms with E-state index >= 15 is 0 Å². The van der Waals surface area contributed by atoms with Crippen molar-refractivity contribution < 1.29 is 0 Å². The van der Waals surface area contributed by atoms with Gasteiger partial charge in [-0.1, -0.05) is 6.58 Å². The first-order chi connectivity index (χ1) is 9.23. The molecule has 0 spiro atoms. The van der Waals surface area contributed by atoms with Gasteiger partial charge < -0.3 is 10.2 Å². The van der Waals surface area contributed by atoms with Crippen molar-refractivity contribution in [1.82, 2.24) is 15.1 Å². The largest absolute Gasteiger partial charge is 0.373 e. The third kappa shape index (κ3) is 5.17. The third-order valence-electron chi connectivity index (χ3n) is 3.01. The molecule has 0 aliphatic heterocycles. The van der Waals surface area contributed by atoms with Crippen molar-refractivity contribution in [2.75, 3.05) is 25.0 Å². The molecule has 0 aromatic carbocycles. The summed E-state index contributed by atoms with van der Waals surface area (Å²) in [5.41, 5.74) is 1.72. The monoisotopic (exact) mass is 278 g/mol. The van der Waals surface area contributed by atoms with Gasteiger partial charge in [-0.3, -0.25) is 4.79 Å². The van der Waals surface area contributed by atoms with E-state index in [1.807, 2.05) is 18.9 Å².